The van der Waals surface area contributed by atoms with E-state index in [-0.39, 0.29) is 15.6 Å². The monoisotopic (exact) mass is 465 g/mol. The second kappa shape index (κ2) is 9.84. The number of carbonyl (C=O) groups is 1. The molecule has 0 unspecified atom stereocenters. The van der Waals surface area contributed by atoms with Gasteiger partial charge in [0.1, 0.15) is 13.6 Å². The van der Waals surface area contributed by atoms with E-state index in [1.165, 1.54) is 36.7 Å². The van der Waals surface area contributed by atoms with E-state index in [4.69, 9.17) is 24.8 Å². The zero-order valence-corrected chi connectivity index (χ0v) is 19.0. The first kappa shape index (κ1) is 23.3. The summed E-state index contributed by atoms with van der Waals surface area (Å²) in [4.78, 5) is 12.6. The number of anilines is 2. The van der Waals surface area contributed by atoms with Crippen LogP contribution in [0.5, 0.6) is 5.75 Å². The van der Waals surface area contributed by atoms with Crippen molar-refractivity contribution in [2.24, 2.45) is 0 Å². The van der Waals surface area contributed by atoms with Crippen LogP contribution in [0.15, 0.2) is 77.7 Å². The van der Waals surface area contributed by atoms with Gasteiger partial charge in [-0.3, -0.25) is 14.4 Å². The van der Waals surface area contributed by atoms with E-state index >= 15 is 0 Å². The summed E-state index contributed by atoms with van der Waals surface area (Å²) in [5, 5.41) is 5.44. The molecule has 0 aliphatic carbocycles. The fourth-order valence-corrected chi connectivity index (χ4v) is 4.29. The Morgan fingerprint density at radius 3 is 2.31 bits per heavy atom. The van der Waals surface area contributed by atoms with E-state index in [1.807, 2.05) is 6.07 Å². The molecule has 7 nitrogen and oxygen atoms in total. The van der Waals surface area contributed by atoms with E-state index in [2.05, 4.69) is 10.6 Å². The van der Waals surface area contributed by atoms with Crippen molar-refractivity contribution in [2.75, 3.05) is 23.8 Å². The highest BCUT2D eigenvalue weighted by molar-refractivity contribution is 7.92. The Hall–Kier alpha value is -3.37. The standard InChI is InChI=1S/C22H20BN3O4S2/c1-26(17-6-4-3-5-7-17)32(28,29)18-11-9-16(10-12-18)24-22(31)25-21(27)19-14-15(23)8-13-20(19)30-2/h3-14H,1-2H3,(H2,24,25,27,31). The highest BCUT2D eigenvalue weighted by Crippen LogP contribution is 2.23. The summed E-state index contributed by atoms with van der Waals surface area (Å²) < 4.78 is 32.1. The van der Waals surface area contributed by atoms with Crippen molar-refractivity contribution >= 4 is 57.9 Å². The molecule has 0 saturated heterocycles. The fourth-order valence-electron chi connectivity index (χ4n) is 2.88. The number of hydrogen-bond donors (Lipinski definition) is 2. The van der Waals surface area contributed by atoms with Crippen molar-refractivity contribution in [1.29, 1.82) is 0 Å². The van der Waals surface area contributed by atoms with Crippen molar-refractivity contribution in [3.63, 3.8) is 0 Å². The lowest BCUT2D eigenvalue weighted by Crippen LogP contribution is -2.34. The van der Waals surface area contributed by atoms with Gasteiger partial charge in [0.15, 0.2) is 5.11 Å². The molecule has 0 aliphatic rings. The molecular weight excluding hydrogens is 445 g/mol. The Labute approximate surface area is 193 Å². The molecule has 3 rings (SSSR count). The minimum Gasteiger partial charge on any atom is -0.496 e. The summed E-state index contributed by atoms with van der Waals surface area (Å²) in [6.07, 6.45) is 0. The van der Waals surface area contributed by atoms with Gasteiger partial charge in [-0.25, -0.2) is 8.42 Å². The SMILES string of the molecule is [B]c1ccc(OC)c(C(=O)NC(=S)Nc2ccc(S(=O)(=O)N(C)c3ccccc3)cc2)c1. The van der Waals surface area contributed by atoms with Gasteiger partial charge in [-0.05, 0) is 54.7 Å². The van der Waals surface area contributed by atoms with Crippen LogP contribution in [0.3, 0.4) is 0 Å². The molecule has 0 fully saturated rings. The molecule has 2 radical (unpaired) electrons. The fraction of sp³-hybridized carbons (Fsp3) is 0.0909. The molecule has 0 bridgehead atoms. The maximum atomic E-state index is 12.9. The number of carbonyl (C=O) groups excluding carboxylic acids is 1. The first-order valence-corrected chi connectivity index (χ1v) is 11.3. The van der Waals surface area contributed by atoms with E-state index in [9.17, 15) is 13.2 Å². The third kappa shape index (κ3) is 5.27. The second-order valence-corrected chi connectivity index (χ2v) is 9.08. The topological polar surface area (TPSA) is 87.7 Å². The first-order chi connectivity index (χ1) is 15.2. The van der Waals surface area contributed by atoms with Gasteiger partial charge in [-0.15, -0.1) is 0 Å². The smallest absolute Gasteiger partial charge is 0.264 e. The zero-order chi connectivity index (χ0) is 23.3. The molecule has 10 heteroatoms. The first-order valence-electron chi connectivity index (χ1n) is 9.42. The Morgan fingerprint density at radius 2 is 1.69 bits per heavy atom. The van der Waals surface area contributed by atoms with E-state index in [0.29, 0.717) is 22.6 Å². The summed E-state index contributed by atoms with van der Waals surface area (Å²) in [5.74, 6) is -0.132. The number of hydrogen-bond acceptors (Lipinski definition) is 5. The van der Waals surface area contributed by atoms with Gasteiger partial charge in [0, 0.05) is 12.7 Å². The lowest BCUT2D eigenvalue weighted by molar-refractivity contribution is 0.0975. The molecule has 0 aliphatic heterocycles. The summed E-state index contributed by atoms with van der Waals surface area (Å²) in [6, 6.07) is 19.5. The number of amides is 1. The molecule has 0 aromatic heterocycles. The average molecular weight is 465 g/mol. The summed E-state index contributed by atoms with van der Waals surface area (Å²) in [6.45, 7) is 0. The Kier molecular flexibility index (Phi) is 7.17. The predicted molar refractivity (Wildman–Crippen MR) is 131 cm³/mol. The summed E-state index contributed by atoms with van der Waals surface area (Å²) in [7, 11) is 4.96. The normalized spacial score (nSPS) is 10.8. The van der Waals surface area contributed by atoms with Crippen LogP contribution >= 0.6 is 12.2 Å². The maximum Gasteiger partial charge on any atom is 0.264 e. The van der Waals surface area contributed by atoms with Gasteiger partial charge in [0.05, 0.1) is 23.3 Å². The number of sulfonamides is 1. The molecule has 3 aromatic carbocycles. The number of nitrogens with zero attached hydrogens (tertiary/aromatic N) is 1. The molecule has 162 valence electrons. The highest BCUT2D eigenvalue weighted by atomic mass is 32.2. The van der Waals surface area contributed by atoms with E-state index < -0.39 is 15.9 Å². The summed E-state index contributed by atoms with van der Waals surface area (Å²) in [5.41, 5.74) is 1.71. The van der Waals surface area contributed by atoms with Crippen molar-refractivity contribution in [3.05, 3.63) is 78.4 Å². The molecule has 1 amide bonds. The minimum absolute atomic E-state index is 0.0384. The number of nitrogens with one attached hydrogen (secondary N) is 2. The number of methoxy groups -OCH3 is 1. The third-order valence-electron chi connectivity index (χ3n) is 4.59. The van der Waals surface area contributed by atoms with Crippen LogP contribution in [0.2, 0.25) is 0 Å². The predicted octanol–water partition coefficient (Wildman–Crippen LogP) is 2.44. The Morgan fingerprint density at radius 1 is 1.03 bits per heavy atom. The van der Waals surface area contributed by atoms with Crippen LogP contribution in [0, 0.1) is 0 Å². The van der Waals surface area contributed by atoms with Crippen LogP contribution in [0.25, 0.3) is 0 Å². The van der Waals surface area contributed by atoms with Crippen LogP contribution < -0.4 is 25.1 Å². The molecule has 0 atom stereocenters. The third-order valence-corrected chi connectivity index (χ3v) is 6.59. The number of rotatable bonds is 6. The summed E-state index contributed by atoms with van der Waals surface area (Å²) >= 11 is 5.19. The molecule has 0 spiro atoms. The Bertz CT molecular complexity index is 1230. The van der Waals surface area contributed by atoms with Gasteiger partial charge in [0.25, 0.3) is 15.9 Å². The highest BCUT2D eigenvalue weighted by Gasteiger charge is 2.21. The van der Waals surface area contributed by atoms with Crippen LogP contribution in [0.4, 0.5) is 11.4 Å². The molecule has 2 N–H and O–H groups in total. The average Bonchev–Trinajstić information content (AvgIpc) is 2.79. The molecule has 0 heterocycles. The second-order valence-electron chi connectivity index (χ2n) is 6.70. The van der Waals surface area contributed by atoms with Gasteiger partial charge in [-0.2, -0.15) is 0 Å². The molecular formula is C22H20BN3O4S2. The van der Waals surface area contributed by atoms with E-state index in [0.717, 1.165) is 0 Å². The van der Waals surface area contributed by atoms with Crippen molar-refractivity contribution in [2.45, 2.75) is 4.90 Å². The van der Waals surface area contributed by atoms with Crippen molar-refractivity contribution in [1.82, 2.24) is 5.32 Å². The van der Waals surface area contributed by atoms with Crippen LogP contribution in [-0.4, -0.2) is 41.4 Å². The van der Waals surface area contributed by atoms with Crippen LogP contribution in [-0.2, 0) is 10.0 Å². The number of benzene rings is 3. The number of para-hydroxylation sites is 1. The zero-order valence-electron chi connectivity index (χ0n) is 17.4. The number of thiocarbonyl (C=S) groups is 1. The van der Waals surface area contributed by atoms with Crippen molar-refractivity contribution in [3.8, 4) is 5.75 Å². The largest absolute Gasteiger partial charge is 0.496 e. The van der Waals surface area contributed by atoms with Gasteiger partial charge in [-0.1, -0.05) is 35.8 Å². The van der Waals surface area contributed by atoms with E-state index in [1.54, 1.807) is 48.5 Å². The molecule has 3 aromatic rings. The quantitative estimate of drug-likeness (QED) is 0.430. The van der Waals surface area contributed by atoms with Gasteiger partial charge < -0.3 is 10.1 Å². The van der Waals surface area contributed by atoms with Crippen molar-refractivity contribution < 1.29 is 17.9 Å². The Balaban J connectivity index is 1.69. The molecule has 0 saturated carbocycles. The maximum absolute atomic E-state index is 12.9. The lowest BCUT2D eigenvalue weighted by atomic mass is 9.94. The van der Waals surface area contributed by atoms with Gasteiger partial charge in [0.2, 0.25) is 0 Å². The molecule has 32 heavy (non-hydrogen) atoms. The lowest BCUT2D eigenvalue weighted by Gasteiger charge is -2.19. The van der Waals surface area contributed by atoms with Crippen LogP contribution in [0.1, 0.15) is 10.4 Å². The number of ether oxygens (including phenoxy) is 1. The van der Waals surface area contributed by atoms with Gasteiger partial charge >= 0.3 is 0 Å². The minimum atomic E-state index is -3.73.